The van der Waals surface area contributed by atoms with Crippen LogP contribution in [0.1, 0.15) is 44.2 Å². The molecule has 0 radical (unpaired) electrons. The summed E-state index contributed by atoms with van der Waals surface area (Å²) in [5.74, 6) is 11.2. The molecule has 0 amide bonds. The van der Waals surface area contributed by atoms with Crippen molar-refractivity contribution in [3.8, 4) is 5.75 Å². The fourth-order valence-corrected chi connectivity index (χ4v) is 5.17. The number of hydrogen-bond acceptors (Lipinski definition) is 4. The largest absolute Gasteiger partial charge is 0.492 e. The van der Waals surface area contributed by atoms with Crippen LogP contribution in [-0.2, 0) is 0 Å². The maximum atomic E-state index is 5.89. The molecule has 3 fully saturated rings. The van der Waals surface area contributed by atoms with E-state index in [1.807, 2.05) is 6.20 Å². The molecule has 2 bridgehead atoms. The first-order valence-corrected chi connectivity index (χ1v) is 8.37. The van der Waals surface area contributed by atoms with Crippen molar-refractivity contribution in [2.75, 3.05) is 6.61 Å². The molecule has 1 aromatic heterocycles. The van der Waals surface area contributed by atoms with Gasteiger partial charge in [0.2, 0.25) is 0 Å². The molecular weight excluding hydrogens is 262 g/mol. The van der Waals surface area contributed by atoms with E-state index in [1.165, 1.54) is 24.8 Å². The number of ether oxygens (including phenoxy) is 1. The van der Waals surface area contributed by atoms with Crippen LogP contribution >= 0.6 is 0 Å². The second-order valence-electron chi connectivity index (χ2n) is 7.01. The smallest absolute Gasteiger partial charge is 0.137 e. The molecule has 5 unspecified atom stereocenters. The van der Waals surface area contributed by atoms with E-state index in [-0.39, 0.29) is 6.04 Å². The fraction of sp³-hybridized carbons (Fsp3) is 0.706. The van der Waals surface area contributed by atoms with Gasteiger partial charge in [0.1, 0.15) is 5.75 Å². The van der Waals surface area contributed by atoms with E-state index in [0.29, 0.717) is 5.92 Å². The Kier molecular flexibility index (Phi) is 3.38. The Balaban J connectivity index is 1.52. The van der Waals surface area contributed by atoms with E-state index >= 15 is 0 Å². The SMILES string of the molecule is CCCOc1cncc(C(NN)C2C3C4CCC(C4)C32)c1. The Bertz CT molecular complexity index is 505. The predicted octanol–water partition coefficient (Wildman–Crippen LogP) is 2.67. The standard InChI is InChI=1S/C17H25N3O/c1-2-5-21-13-7-12(8-19-9-13)17(20-18)16-14-10-3-4-11(6-10)15(14)16/h7-11,14-17,20H,2-6,18H2,1H3. The summed E-state index contributed by atoms with van der Waals surface area (Å²) in [4.78, 5) is 4.34. The highest BCUT2D eigenvalue weighted by molar-refractivity contribution is 5.29. The van der Waals surface area contributed by atoms with Gasteiger partial charge in [0, 0.05) is 6.20 Å². The highest BCUT2D eigenvalue weighted by atomic mass is 16.5. The van der Waals surface area contributed by atoms with E-state index in [9.17, 15) is 0 Å². The number of nitrogens with one attached hydrogen (secondary N) is 1. The Hall–Kier alpha value is -1.13. The van der Waals surface area contributed by atoms with Crippen LogP contribution in [0.5, 0.6) is 5.75 Å². The molecule has 0 spiro atoms. The van der Waals surface area contributed by atoms with E-state index in [0.717, 1.165) is 42.4 Å². The topological polar surface area (TPSA) is 60.2 Å². The number of hydrogen-bond donors (Lipinski definition) is 2. The lowest BCUT2D eigenvalue weighted by Gasteiger charge is -2.20. The molecule has 4 heteroatoms. The summed E-state index contributed by atoms with van der Waals surface area (Å²) in [5, 5.41) is 0. The number of nitrogens with two attached hydrogens (primary N) is 1. The normalized spacial score (nSPS) is 37.3. The molecule has 3 aliphatic rings. The number of pyridine rings is 1. The van der Waals surface area contributed by atoms with Crippen LogP contribution in [0.2, 0.25) is 0 Å². The zero-order chi connectivity index (χ0) is 14.4. The van der Waals surface area contributed by atoms with E-state index in [4.69, 9.17) is 10.6 Å². The number of fused-ring (bicyclic) bond motifs is 5. The molecule has 0 aliphatic heterocycles. The van der Waals surface area contributed by atoms with Crippen LogP contribution in [0.25, 0.3) is 0 Å². The predicted molar refractivity (Wildman–Crippen MR) is 81.4 cm³/mol. The van der Waals surface area contributed by atoms with Crippen molar-refractivity contribution in [3.63, 3.8) is 0 Å². The second-order valence-corrected chi connectivity index (χ2v) is 7.01. The highest BCUT2D eigenvalue weighted by Gasteiger charge is 2.66. The molecule has 1 aromatic rings. The van der Waals surface area contributed by atoms with Gasteiger partial charge in [0.15, 0.2) is 0 Å². The van der Waals surface area contributed by atoms with Gasteiger partial charge in [0.25, 0.3) is 0 Å². The molecule has 3 aliphatic carbocycles. The van der Waals surface area contributed by atoms with Crippen molar-refractivity contribution in [3.05, 3.63) is 24.0 Å². The maximum Gasteiger partial charge on any atom is 0.137 e. The zero-order valence-corrected chi connectivity index (χ0v) is 12.7. The lowest BCUT2D eigenvalue weighted by atomic mass is 9.94. The second kappa shape index (κ2) is 5.25. The lowest BCUT2D eigenvalue weighted by Crippen LogP contribution is -2.31. The average molecular weight is 287 g/mol. The molecule has 4 rings (SSSR count). The van der Waals surface area contributed by atoms with Gasteiger partial charge in [-0.15, -0.1) is 0 Å². The molecule has 3 N–H and O–H groups in total. The van der Waals surface area contributed by atoms with Crippen LogP contribution in [0.3, 0.4) is 0 Å². The first kappa shape index (κ1) is 13.5. The van der Waals surface area contributed by atoms with E-state index in [1.54, 1.807) is 6.20 Å². The van der Waals surface area contributed by atoms with Gasteiger partial charge in [0.05, 0.1) is 18.8 Å². The Morgan fingerprint density at radius 3 is 2.76 bits per heavy atom. The number of nitrogens with zero attached hydrogens (tertiary/aromatic N) is 1. The lowest BCUT2D eigenvalue weighted by molar-refractivity contribution is 0.314. The Labute approximate surface area is 126 Å². The number of rotatable bonds is 6. The van der Waals surface area contributed by atoms with Crippen LogP contribution in [0, 0.1) is 29.6 Å². The first-order chi connectivity index (χ1) is 10.3. The first-order valence-electron chi connectivity index (χ1n) is 8.37. The van der Waals surface area contributed by atoms with Crippen molar-refractivity contribution < 1.29 is 4.74 Å². The van der Waals surface area contributed by atoms with Gasteiger partial charge in [-0.2, -0.15) is 0 Å². The summed E-state index contributed by atoms with van der Waals surface area (Å²) in [6, 6.07) is 2.35. The van der Waals surface area contributed by atoms with Crippen LogP contribution < -0.4 is 16.0 Å². The van der Waals surface area contributed by atoms with Gasteiger partial charge in [-0.1, -0.05) is 6.92 Å². The molecule has 5 atom stereocenters. The van der Waals surface area contributed by atoms with Crippen LogP contribution in [0.15, 0.2) is 18.5 Å². The number of aromatic nitrogens is 1. The molecule has 0 aromatic carbocycles. The molecule has 114 valence electrons. The van der Waals surface area contributed by atoms with Crippen molar-refractivity contribution in [2.45, 2.75) is 38.6 Å². The van der Waals surface area contributed by atoms with Gasteiger partial charge in [-0.05, 0) is 66.9 Å². The zero-order valence-electron chi connectivity index (χ0n) is 12.7. The van der Waals surface area contributed by atoms with Gasteiger partial charge in [-0.3, -0.25) is 16.3 Å². The van der Waals surface area contributed by atoms with E-state index in [2.05, 4.69) is 23.4 Å². The monoisotopic (exact) mass is 287 g/mol. The van der Waals surface area contributed by atoms with E-state index < -0.39 is 0 Å². The third-order valence-electron chi connectivity index (χ3n) is 5.93. The summed E-state index contributed by atoms with van der Waals surface area (Å²) in [6.07, 6.45) is 9.11. The minimum atomic E-state index is 0.237. The summed E-state index contributed by atoms with van der Waals surface area (Å²) < 4.78 is 5.71. The maximum absolute atomic E-state index is 5.89. The molecular formula is C17H25N3O. The summed E-state index contributed by atoms with van der Waals surface area (Å²) in [7, 11) is 0. The summed E-state index contributed by atoms with van der Waals surface area (Å²) in [5.41, 5.74) is 4.25. The average Bonchev–Trinajstić information content (AvgIpc) is 2.93. The molecule has 21 heavy (non-hydrogen) atoms. The van der Waals surface area contributed by atoms with Gasteiger partial charge in [-0.25, -0.2) is 0 Å². The Morgan fingerprint density at radius 2 is 2.10 bits per heavy atom. The van der Waals surface area contributed by atoms with Crippen molar-refractivity contribution in [1.29, 1.82) is 0 Å². The van der Waals surface area contributed by atoms with Gasteiger partial charge < -0.3 is 4.74 Å². The minimum absolute atomic E-state index is 0.237. The van der Waals surface area contributed by atoms with Crippen molar-refractivity contribution in [1.82, 2.24) is 10.4 Å². The van der Waals surface area contributed by atoms with Crippen LogP contribution in [-0.4, -0.2) is 11.6 Å². The van der Waals surface area contributed by atoms with Crippen molar-refractivity contribution in [2.24, 2.45) is 35.4 Å². The van der Waals surface area contributed by atoms with Crippen molar-refractivity contribution >= 4 is 0 Å². The number of hydrazine groups is 1. The van der Waals surface area contributed by atoms with Gasteiger partial charge >= 0.3 is 0 Å². The van der Waals surface area contributed by atoms with Crippen LogP contribution in [0.4, 0.5) is 0 Å². The summed E-state index contributed by atoms with van der Waals surface area (Å²) >= 11 is 0. The molecule has 1 heterocycles. The molecule has 3 saturated carbocycles. The highest BCUT2D eigenvalue weighted by Crippen LogP contribution is 2.72. The summed E-state index contributed by atoms with van der Waals surface area (Å²) in [6.45, 7) is 2.85. The minimum Gasteiger partial charge on any atom is -0.492 e. The Morgan fingerprint density at radius 1 is 1.33 bits per heavy atom. The fourth-order valence-electron chi connectivity index (χ4n) is 5.17. The third kappa shape index (κ3) is 2.16. The molecule has 0 saturated heterocycles. The third-order valence-corrected chi connectivity index (χ3v) is 5.93. The quantitative estimate of drug-likeness (QED) is 0.624. The molecule has 4 nitrogen and oxygen atoms in total.